The first-order chi connectivity index (χ1) is 41.1. The van der Waals surface area contributed by atoms with Crippen molar-refractivity contribution in [2.75, 3.05) is 9.80 Å². The van der Waals surface area contributed by atoms with Crippen LogP contribution in [0, 0.1) is 0 Å². The quantitative estimate of drug-likeness (QED) is 0.118. The lowest BCUT2D eigenvalue weighted by Gasteiger charge is -2.45. The Morgan fingerprint density at radius 1 is 0.253 bits per heavy atom. The van der Waals surface area contributed by atoms with Crippen molar-refractivity contribution >= 4 is 111 Å². The molecule has 2 aliphatic heterocycles. The van der Waals surface area contributed by atoms with Crippen LogP contribution >= 0.6 is 0 Å². The lowest BCUT2D eigenvalue weighted by molar-refractivity contribution is 1.21. The van der Waals surface area contributed by atoms with Gasteiger partial charge >= 0.3 is 0 Å². The average molecular weight is 1050 g/mol. The second-order valence-corrected chi connectivity index (χ2v) is 22.2. The van der Waals surface area contributed by atoms with Crippen molar-refractivity contribution in [3.63, 3.8) is 0 Å². The largest absolute Gasteiger partial charge is 0.311 e. The number of hydrogen-bond acceptors (Lipinski definition) is 4. The molecule has 0 atom stereocenters. The van der Waals surface area contributed by atoms with Crippen LogP contribution in [0.25, 0.3) is 110 Å². The number of rotatable bonds is 7. The van der Waals surface area contributed by atoms with Gasteiger partial charge in [0.05, 0.1) is 5.52 Å². The molecule has 4 nitrogen and oxygen atoms in total. The van der Waals surface area contributed by atoms with Crippen molar-refractivity contribution < 1.29 is 0 Å². The minimum Gasteiger partial charge on any atom is -0.311 e. The smallest absolute Gasteiger partial charge is 0.252 e. The summed E-state index contributed by atoms with van der Waals surface area (Å²) in [6, 6.07) is 108. The van der Waals surface area contributed by atoms with E-state index in [-0.39, 0.29) is 6.71 Å². The number of aromatic nitrogens is 2. The van der Waals surface area contributed by atoms with E-state index in [4.69, 9.17) is 9.97 Å². The third kappa shape index (κ3) is 7.92. The van der Waals surface area contributed by atoms with Gasteiger partial charge in [-0.3, -0.25) is 0 Å². The molecule has 1 aromatic heterocycles. The minimum atomic E-state index is -0.187. The Labute approximate surface area is 481 Å². The fraction of sp³-hybridized carbons (Fsp3) is 0. The van der Waals surface area contributed by atoms with Crippen LogP contribution in [0.5, 0.6) is 0 Å². The molecule has 5 heteroatoms. The fourth-order valence-corrected chi connectivity index (χ4v) is 13.3. The molecule has 384 valence electrons. The van der Waals surface area contributed by atoms with E-state index in [2.05, 4.69) is 301 Å². The van der Waals surface area contributed by atoms with Gasteiger partial charge in [-0.1, -0.05) is 200 Å². The molecule has 0 saturated carbocycles. The number of nitrogens with zero attached hydrogens (tertiary/aromatic N) is 4. The summed E-state index contributed by atoms with van der Waals surface area (Å²) in [5, 5.41) is 10.6. The lowest BCUT2D eigenvalue weighted by atomic mass is 9.33. The highest BCUT2D eigenvalue weighted by Crippen LogP contribution is 2.50. The van der Waals surface area contributed by atoms with Crippen LogP contribution in [0.1, 0.15) is 0 Å². The Kier molecular flexibility index (Phi) is 10.7. The van der Waals surface area contributed by atoms with Gasteiger partial charge in [0, 0.05) is 51.3 Å². The van der Waals surface area contributed by atoms with E-state index < -0.39 is 0 Å². The molecular weight excluding hydrogens is 1000 g/mol. The van der Waals surface area contributed by atoms with Crippen LogP contribution in [-0.4, -0.2) is 16.7 Å². The van der Waals surface area contributed by atoms with Gasteiger partial charge in [0.25, 0.3) is 6.71 Å². The summed E-state index contributed by atoms with van der Waals surface area (Å²) in [6.07, 6.45) is 1.98. The molecule has 2 aliphatic rings. The first-order valence-corrected chi connectivity index (χ1v) is 28.5. The summed E-state index contributed by atoms with van der Waals surface area (Å²) in [5.41, 5.74) is 21.2. The molecule has 0 amide bonds. The van der Waals surface area contributed by atoms with Gasteiger partial charge in [-0.2, -0.15) is 0 Å². The summed E-state index contributed by atoms with van der Waals surface area (Å²) in [4.78, 5) is 15.8. The molecule has 0 N–H and O–H groups in total. The summed E-state index contributed by atoms with van der Waals surface area (Å²) in [5.74, 6) is 0.664. The first-order valence-electron chi connectivity index (χ1n) is 28.5. The maximum absolute atomic E-state index is 5.40. The Balaban J connectivity index is 1.04. The van der Waals surface area contributed by atoms with Crippen molar-refractivity contribution in [3.8, 4) is 55.9 Å². The van der Waals surface area contributed by atoms with Gasteiger partial charge in [0.15, 0.2) is 5.82 Å². The summed E-state index contributed by atoms with van der Waals surface area (Å²) in [7, 11) is 0. The maximum atomic E-state index is 5.40. The van der Waals surface area contributed by atoms with E-state index in [0.29, 0.717) is 5.82 Å². The standard InChI is InChI=1S/C78H49BN4/c1-5-19-50(20-6-1)59-37-60(51-21-7-2-8-22-51)40-68(39-59)82-73-45-65-35-56-29-15-13-27-54(56)33-63(65)43-70(73)79-71-44-64-34-55-28-14-16-30-57(55)36-66(64)46-74(71)83(69-41-61(52-23-9-3-10-24-52)38-62(42-69)53-25-11-4-12-26-53)76-48-67(47-75(82)77(76)79)78-80-49-58-31-17-18-32-72(58)81-78/h1-49H. The van der Waals surface area contributed by atoms with Crippen LogP contribution in [0.4, 0.5) is 34.1 Å². The molecule has 0 bridgehead atoms. The molecule has 3 heterocycles. The average Bonchev–Trinajstić information content (AvgIpc) is 1.18. The summed E-state index contributed by atoms with van der Waals surface area (Å²) in [6.45, 7) is -0.187. The molecule has 17 rings (SSSR count). The predicted octanol–water partition coefficient (Wildman–Crippen LogP) is 18.7. The van der Waals surface area contributed by atoms with E-state index in [1.54, 1.807) is 0 Å². The monoisotopic (exact) mass is 1050 g/mol. The minimum absolute atomic E-state index is 0.187. The molecule has 0 spiro atoms. The fourth-order valence-electron chi connectivity index (χ4n) is 13.3. The highest BCUT2D eigenvalue weighted by molar-refractivity contribution is 7.00. The molecule has 83 heavy (non-hydrogen) atoms. The number of benzene rings is 14. The van der Waals surface area contributed by atoms with Crippen molar-refractivity contribution in [1.82, 2.24) is 9.97 Å². The second kappa shape index (κ2) is 18.9. The van der Waals surface area contributed by atoms with E-state index in [1.165, 1.54) is 59.5 Å². The number of anilines is 6. The van der Waals surface area contributed by atoms with Crippen molar-refractivity contribution in [3.05, 3.63) is 297 Å². The SMILES string of the molecule is c1ccc(-c2cc(-c3ccccc3)cc(N3c4cc5cc6ccccc6cc5cc4B4c5cc6cc7ccccc7cc6cc5N(c5cc(-c6ccccc6)cc(-c6ccccc6)c5)c5cc(-c6ncc7ccccc7n6)cc3c54)c2)cc1. The number of fused-ring (bicyclic) bond motifs is 9. The van der Waals surface area contributed by atoms with Crippen molar-refractivity contribution in [1.29, 1.82) is 0 Å². The zero-order chi connectivity index (χ0) is 54.5. The molecule has 14 aromatic carbocycles. The normalized spacial score (nSPS) is 12.5. The van der Waals surface area contributed by atoms with Gasteiger partial charge in [-0.15, -0.1) is 0 Å². The molecule has 0 unspecified atom stereocenters. The molecular formula is C78H49BN4. The van der Waals surface area contributed by atoms with Crippen LogP contribution < -0.4 is 26.2 Å². The summed E-state index contributed by atoms with van der Waals surface area (Å²) < 4.78 is 0. The van der Waals surface area contributed by atoms with E-state index in [9.17, 15) is 0 Å². The highest BCUT2D eigenvalue weighted by atomic mass is 15.2. The first kappa shape index (κ1) is 47.0. The Hall–Kier alpha value is -10.9. The number of hydrogen-bond donors (Lipinski definition) is 0. The molecule has 15 aromatic rings. The van der Waals surface area contributed by atoms with Gasteiger partial charge in [-0.05, 0) is 195 Å². The van der Waals surface area contributed by atoms with Crippen LogP contribution in [0.3, 0.4) is 0 Å². The molecule has 0 aliphatic carbocycles. The Morgan fingerprint density at radius 2 is 0.602 bits per heavy atom. The van der Waals surface area contributed by atoms with Crippen LogP contribution in [0.15, 0.2) is 297 Å². The molecule has 0 fully saturated rings. The predicted molar refractivity (Wildman–Crippen MR) is 351 cm³/mol. The third-order valence-electron chi connectivity index (χ3n) is 17.2. The van der Waals surface area contributed by atoms with E-state index >= 15 is 0 Å². The lowest BCUT2D eigenvalue weighted by Crippen LogP contribution is -2.61. The van der Waals surface area contributed by atoms with Crippen LogP contribution in [-0.2, 0) is 0 Å². The zero-order valence-corrected chi connectivity index (χ0v) is 45.2. The Bertz CT molecular complexity index is 4710. The van der Waals surface area contributed by atoms with Crippen molar-refractivity contribution in [2.24, 2.45) is 0 Å². The maximum Gasteiger partial charge on any atom is 0.252 e. The van der Waals surface area contributed by atoms with Crippen molar-refractivity contribution in [2.45, 2.75) is 0 Å². The van der Waals surface area contributed by atoms with Gasteiger partial charge in [-0.25, -0.2) is 9.97 Å². The van der Waals surface area contributed by atoms with Gasteiger partial charge in [0.2, 0.25) is 0 Å². The second-order valence-electron chi connectivity index (χ2n) is 22.2. The summed E-state index contributed by atoms with van der Waals surface area (Å²) >= 11 is 0. The zero-order valence-electron chi connectivity index (χ0n) is 45.2. The molecule has 0 radical (unpaired) electrons. The third-order valence-corrected chi connectivity index (χ3v) is 17.2. The van der Waals surface area contributed by atoms with Crippen LogP contribution in [0.2, 0.25) is 0 Å². The van der Waals surface area contributed by atoms with Gasteiger partial charge < -0.3 is 9.80 Å². The van der Waals surface area contributed by atoms with Gasteiger partial charge in [0.1, 0.15) is 0 Å². The Morgan fingerprint density at radius 3 is 1.00 bits per heavy atom. The number of para-hydroxylation sites is 1. The molecule has 0 saturated heterocycles. The highest BCUT2D eigenvalue weighted by Gasteiger charge is 2.44. The topological polar surface area (TPSA) is 32.3 Å². The van der Waals surface area contributed by atoms with E-state index in [1.807, 2.05) is 6.20 Å². The van der Waals surface area contributed by atoms with E-state index in [0.717, 1.165) is 95.1 Å².